The van der Waals surface area contributed by atoms with E-state index in [1.165, 1.54) is 0 Å². The minimum Gasteiger partial charge on any atom is -0.445 e. The third-order valence-corrected chi connectivity index (χ3v) is 10.1. The second-order valence-corrected chi connectivity index (χ2v) is 13.8. The lowest BCUT2D eigenvalue weighted by atomic mass is 9.78. The van der Waals surface area contributed by atoms with Crippen LogP contribution in [0, 0.1) is 11.8 Å². The summed E-state index contributed by atoms with van der Waals surface area (Å²) >= 11 is 13.0. The van der Waals surface area contributed by atoms with Gasteiger partial charge >= 0.3 is 6.09 Å². The van der Waals surface area contributed by atoms with Crippen LogP contribution in [0.25, 0.3) is 10.9 Å². The molecular weight excluding hydrogens is 655 g/mol. The molecule has 0 fully saturated rings. The van der Waals surface area contributed by atoms with E-state index in [1.54, 1.807) is 13.0 Å². The molecule has 5 rings (SSSR count). The van der Waals surface area contributed by atoms with Crippen molar-refractivity contribution in [1.29, 1.82) is 0 Å². The number of rotatable bonds is 12. The van der Waals surface area contributed by atoms with E-state index in [0.29, 0.717) is 35.1 Å². The van der Waals surface area contributed by atoms with Crippen LogP contribution in [0.15, 0.2) is 47.5 Å². The molecule has 0 saturated heterocycles. The number of aliphatic imine (C=N–C) groups is 1. The number of aromatic nitrogens is 1. The van der Waals surface area contributed by atoms with Crippen LogP contribution in [0.5, 0.6) is 0 Å². The molecule has 2 heterocycles. The third kappa shape index (κ3) is 7.74. The molecule has 3 unspecified atom stereocenters. The summed E-state index contributed by atoms with van der Waals surface area (Å²) in [5, 5.41) is 10.8. The zero-order chi connectivity index (χ0) is 34.6. The normalized spacial score (nSPS) is 21.2. The molecule has 5 N–H and O–H groups in total. The van der Waals surface area contributed by atoms with Gasteiger partial charge in [-0.2, -0.15) is 0 Å². The van der Waals surface area contributed by atoms with Gasteiger partial charge in [-0.3, -0.25) is 15.1 Å². The molecule has 0 radical (unpaired) electrons. The van der Waals surface area contributed by atoms with Crippen LogP contribution < -0.4 is 21.4 Å². The van der Waals surface area contributed by atoms with E-state index >= 15 is 0 Å². The van der Waals surface area contributed by atoms with E-state index in [9.17, 15) is 14.4 Å². The number of carbonyl (C=O) groups is 3. The molecule has 11 nitrogen and oxygen atoms in total. The van der Waals surface area contributed by atoms with Crippen molar-refractivity contribution in [2.45, 2.75) is 97.2 Å². The Labute approximate surface area is 290 Å². The Morgan fingerprint density at radius 1 is 1.08 bits per heavy atom. The monoisotopic (exact) mass is 698 g/mol. The SMILES string of the molecule is CCC(C)[C@H](NC(=O)[C@]1(NC(=O)[C@@H](NC(=O)OCc2ccccc2)C(C)CC)CCc2[nH]c3c(Cl)cc(Cl)cc3c2C1)C1N=C(C)NO1. The summed E-state index contributed by atoms with van der Waals surface area (Å²) < 4.78 is 5.46. The molecule has 13 heteroatoms. The summed E-state index contributed by atoms with van der Waals surface area (Å²) in [4.78, 5) is 55.5. The Morgan fingerprint density at radius 2 is 1.81 bits per heavy atom. The van der Waals surface area contributed by atoms with Crippen LogP contribution in [0.3, 0.4) is 0 Å². The van der Waals surface area contributed by atoms with Crippen molar-refractivity contribution in [3.05, 3.63) is 69.3 Å². The van der Waals surface area contributed by atoms with Gasteiger partial charge in [0.15, 0.2) is 6.23 Å². The van der Waals surface area contributed by atoms with Crippen LogP contribution >= 0.6 is 23.2 Å². The summed E-state index contributed by atoms with van der Waals surface area (Å²) in [7, 11) is 0. The lowest BCUT2D eigenvalue weighted by Gasteiger charge is -2.40. The van der Waals surface area contributed by atoms with Gasteiger partial charge in [-0.25, -0.2) is 14.6 Å². The second kappa shape index (κ2) is 15.2. The number of amides is 3. The first-order chi connectivity index (χ1) is 22.9. The average Bonchev–Trinajstić information content (AvgIpc) is 3.67. The largest absolute Gasteiger partial charge is 0.445 e. The number of halogens is 2. The number of benzene rings is 2. The summed E-state index contributed by atoms with van der Waals surface area (Å²) in [5.41, 5.74) is 4.72. The van der Waals surface area contributed by atoms with Crippen molar-refractivity contribution in [3.63, 3.8) is 0 Å². The van der Waals surface area contributed by atoms with Crippen molar-refractivity contribution in [1.82, 2.24) is 26.4 Å². The fraction of sp³-hybridized carbons (Fsp3) is 0.486. The average molecular weight is 700 g/mol. The molecule has 258 valence electrons. The molecule has 1 aliphatic carbocycles. The van der Waals surface area contributed by atoms with Crippen molar-refractivity contribution in [2.75, 3.05) is 0 Å². The summed E-state index contributed by atoms with van der Waals surface area (Å²) in [6.07, 6.45) is 0.907. The highest BCUT2D eigenvalue weighted by Crippen LogP contribution is 2.38. The molecular formula is C35H44Cl2N6O5. The smallest absolute Gasteiger partial charge is 0.408 e. The number of H-pyrrole nitrogens is 1. The molecule has 0 spiro atoms. The number of fused-ring (bicyclic) bond motifs is 3. The molecule has 1 aliphatic heterocycles. The zero-order valence-corrected chi connectivity index (χ0v) is 29.4. The number of amidine groups is 1. The second-order valence-electron chi connectivity index (χ2n) is 12.9. The Hall–Kier alpha value is -3.80. The molecule has 1 aromatic heterocycles. The van der Waals surface area contributed by atoms with E-state index < -0.39 is 35.9 Å². The first-order valence-corrected chi connectivity index (χ1v) is 17.2. The molecule has 2 aliphatic rings. The van der Waals surface area contributed by atoms with Crippen LogP contribution in [0.2, 0.25) is 10.0 Å². The number of hydroxylamine groups is 1. The number of carbonyl (C=O) groups excluding carboxylic acids is 3. The maximum absolute atomic E-state index is 14.6. The minimum absolute atomic E-state index is 0.00178. The first kappa shape index (κ1) is 35.5. The van der Waals surface area contributed by atoms with Crippen molar-refractivity contribution < 1.29 is 24.0 Å². The summed E-state index contributed by atoms with van der Waals surface area (Å²) in [6.45, 7) is 9.72. The van der Waals surface area contributed by atoms with Gasteiger partial charge in [0.1, 0.15) is 24.0 Å². The highest BCUT2D eigenvalue weighted by atomic mass is 35.5. The van der Waals surface area contributed by atoms with Gasteiger partial charge in [0.2, 0.25) is 11.8 Å². The van der Waals surface area contributed by atoms with Gasteiger partial charge < -0.3 is 25.7 Å². The van der Waals surface area contributed by atoms with Crippen LogP contribution in [0.1, 0.15) is 70.7 Å². The topological polar surface area (TPSA) is 146 Å². The van der Waals surface area contributed by atoms with Gasteiger partial charge in [-0.1, -0.05) is 94.1 Å². The molecule has 0 saturated carbocycles. The number of nitrogens with one attached hydrogen (secondary N) is 5. The van der Waals surface area contributed by atoms with Gasteiger partial charge in [0, 0.05) is 22.5 Å². The fourth-order valence-electron chi connectivity index (χ4n) is 6.32. The van der Waals surface area contributed by atoms with Crippen molar-refractivity contribution in [2.24, 2.45) is 16.8 Å². The lowest BCUT2D eigenvalue weighted by molar-refractivity contribution is -0.137. The molecule has 3 amide bonds. The van der Waals surface area contributed by atoms with Gasteiger partial charge in [-0.15, -0.1) is 0 Å². The number of alkyl carbamates (subject to hydrolysis) is 1. The maximum Gasteiger partial charge on any atom is 0.408 e. The first-order valence-electron chi connectivity index (χ1n) is 16.5. The Bertz CT molecular complexity index is 1680. The molecule has 6 atom stereocenters. The number of aryl methyl sites for hydroxylation is 1. The van der Waals surface area contributed by atoms with E-state index in [4.69, 9.17) is 32.8 Å². The van der Waals surface area contributed by atoms with E-state index in [2.05, 4.69) is 31.4 Å². The molecule has 3 aromatic rings. The predicted octanol–water partition coefficient (Wildman–Crippen LogP) is 5.97. The highest BCUT2D eigenvalue weighted by Gasteiger charge is 2.47. The highest BCUT2D eigenvalue weighted by molar-refractivity contribution is 6.38. The number of nitrogens with zero attached hydrogens (tertiary/aromatic N) is 1. The van der Waals surface area contributed by atoms with Gasteiger partial charge in [0.25, 0.3) is 0 Å². The number of hydrogen-bond donors (Lipinski definition) is 5. The number of aromatic amines is 1. The Balaban J connectivity index is 1.46. The van der Waals surface area contributed by atoms with Crippen LogP contribution in [0.4, 0.5) is 4.79 Å². The standard InChI is InChI=1S/C35H44Cl2N6O5/c1-6-19(3)28(41-34(46)47-18-22-11-9-8-10-12-22)31(44)42-35(33(45)40-29(20(4)7-2)32-38-21(5)43-48-32)14-13-27-25(17-35)24-15-23(36)16-26(37)30(24)39-27/h8-12,15-16,19-20,28-29,32,39H,6-7,13-14,17-18H2,1-5H3,(H,38,43)(H,40,45)(H,41,46)(H,42,44)/t19?,20?,28-,29-,32?,35-/m0/s1. The van der Waals surface area contributed by atoms with E-state index in [-0.39, 0.29) is 30.8 Å². The summed E-state index contributed by atoms with van der Waals surface area (Å²) in [5.74, 6) is -0.498. The van der Waals surface area contributed by atoms with Gasteiger partial charge in [0.05, 0.1) is 16.6 Å². The van der Waals surface area contributed by atoms with Crippen LogP contribution in [-0.4, -0.2) is 52.6 Å². The third-order valence-electron chi connectivity index (χ3n) is 9.59. The molecule has 0 bridgehead atoms. The Kier molecular flexibility index (Phi) is 11.2. The van der Waals surface area contributed by atoms with Crippen LogP contribution in [-0.2, 0) is 38.6 Å². The fourth-order valence-corrected chi connectivity index (χ4v) is 6.86. The van der Waals surface area contributed by atoms with Gasteiger partial charge in [-0.05, 0) is 54.9 Å². The number of ether oxygens (including phenoxy) is 1. The number of hydrogen-bond acceptors (Lipinski definition) is 7. The van der Waals surface area contributed by atoms with E-state index in [1.807, 2.05) is 64.1 Å². The molecule has 48 heavy (non-hydrogen) atoms. The zero-order valence-electron chi connectivity index (χ0n) is 27.9. The summed E-state index contributed by atoms with van der Waals surface area (Å²) in [6, 6.07) is 11.3. The maximum atomic E-state index is 14.6. The van der Waals surface area contributed by atoms with Crippen molar-refractivity contribution in [3.8, 4) is 0 Å². The minimum atomic E-state index is -1.38. The lowest BCUT2D eigenvalue weighted by Crippen LogP contribution is -2.67. The quantitative estimate of drug-likeness (QED) is 0.158. The van der Waals surface area contributed by atoms with E-state index in [0.717, 1.165) is 34.1 Å². The Morgan fingerprint density at radius 3 is 2.48 bits per heavy atom. The van der Waals surface area contributed by atoms with Crippen molar-refractivity contribution >= 4 is 57.8 Å². The molecule has 2 aromatic carbocycles. The predicted molar refractivity (Wildman–Crippen MR) is 187 cm³/mol.